The first-order valence-corrected chi connectivity index (χ1v) is 7.51. The molecule has 1 unspecified atom stereocenters. The minimum atomic E-state index is 0.106. The number of ether oxygens (including phenoxy) is 2. The van der Waals surface area contributed by atoms with Crippen LogP contribution in [-0.4, -0.2) is 36.8 Å². The van der Waals surface area contributed by atoms with Gasteiger partial charge in [-0.2, -0.15) is 0 Å². The maximum atomic E-state index is 5.27. The largest absolute Gasteiger partial charge is 0.381 e. The lowest BCUT2D eigenvalue weighted by molar-refractivity contribution is 0.116. The van der Waals surface area contributed by atoms with Crippen LogP contribution in [0.5, 0.6) is 0 Å². The lowest BCUT2D eigenvalue weighted by atomic mass is 10.2. The van der Waals surface area contributed by atoms with E-state index in [1.807, 2.05) is 6.92 Å². The van der Waals surface area contributed by atoms with E-state index in [-0.39, 0.29) is 6.10 Å². The van der Waals surface area contributed by atoms with E-state index >= 15 is 0 Å². The molecule has 1 heterocycles. The lowest BCUT2D eigenvalue weighted by Crippen LogP contribution is -2.16. The fraction of sp³-hybridized carbons (Fsp3) is 0.692. The third kappa shape index (κ3) is 5.19. The third-order valence-corrected chi connectivity index (χ3v) is 3.80. The Kier molecular flexibility index (Phi) is 7.55. The lowest BCUT2D eigenvalue weighted by Gasteiger charge is -2.14. The molecule has 0 aromatic carbocycles. The molecule has 0 radical (unpaired) electrons. The van der Waals surface area contributed by atoms with Gasteiger partial charge in [0.15, 0.2) is 0 Å². The Labute approximate surface area is 128 Å². The summed E-state index contributed by atoms with van der Waals surface area (Å²) < 4.78 is 11.5. The highest BCUT2D eigenvalue weighted by atomic mass is 127. The number of hydrogen-bond acceptors (Lipinski definition) is 5. The van der Waals surface area contributed by atoms with Gasteiger partial charge in [-0.3, -0.25) is 0 Å². The topological polar surface area (TPSA) is 56.3 Å². The highest BCUT2D eigenvalue weighted by Crippen LogP contribution is 2.20. The number of methoxy groups -OCH3 is 2. The summed E-state index contributed by atoms with van der Waals surface area (Å²) in [4.78, 5) is 9.13. The van der Waals surface area contributed by atoms with E-state index in [0.29, 0.717) is 13.0 Å². The third-order valence-electron chi connectivity index (χ3n) is 2.66. The molecular formula is C13H22IN3O2. The molecule has 19 heavy (non-hydrogen) atoms. The summed E-state index contributed by atoms with van der Waals surface area (Å²) in [6, 6.07) is 0. The summed E-state index contributed by atoms with van der Waals surface area (Å²) in [5.74, 6) is 1.68. The maximum absolute atomic E-state index is 5.27. The second kappa shape index (κ2) is 8.65. The fourth-order valence-corrected chi connectivity index (χ4v) is 2.16. The van der Waals surface area contributed by atoms with Crippen molar-refractivity contribution in [2.75, 3.05) is 26.1 Å². The smallest absolute Gasteiger partial charge is 0.143 e. The fourth-order valence-electron chi connectivity index (χ4n) is 1.57. The van der Waals surface area contributed by atoms with Crippen LogP contribution in [0.15, 0.2) is 0 Å². The van der Waals surface area contributed by atoms with E-state index < -0.39 is 0 Å². The summed E-state index contributed by atoms with van der Waals surface area (Å²) in [5, 5.41) is 3.34. The van der Waals surface area contributed by atoms with Crippen molar-refractivity contribution < 1.29 is 9.47 Å². The zero-order chi connectivity index (χ0) is 14.3. The molecule has 1 aromatic rings. The molecule has 5 nitrogen and oxygen atoms in total. The molecule has 0 aliphatic carbocycles. The molecule has 1 N–H and O–H groups in total. The van der Waals surface area contributed by atoms with Crippen LogP contribution >= 0.6 is 22.6 Å². The summed E-state index contributed by atoms with van der Waals surface area (Å²) in [6.45, 7) is 5.54. The number of rotatable bonds is 8. The Hall–Kier alpha value is -0.470. The van der Waals surface area contributed by atoms with Gasteiger partial charge in [0, 0.05) is 27.2 Å². The summed E-state index contributed by atoms with van der Waals surface area (Å²) >= 11 is 2.26. The highest BCUT2D eigenvalue weighted by molar-refractivity contribution is 14.1. The minimum Gasteiger partial charge on any atom is -0.381 e. The van der Waals surface area contributed by atoms with Crippen molar-refractivity contribution in [3.63, 3.8) is 0 Å². The van der Waals surface area contributed by atoms with Crippen molar-refractivity contribution in [2.45, 2.75) is 39.4 Å². The Morgan fingerprint density at radius 2 is 2.05 bits per heavy atom. The molecular weight excluding hydrogens is 357 g/mol. The average molecular weight is 379 g/mol. The molecule has 1 atom stereocenters. The zero-order valence-electron chi connectivity index (χ0n) is 12.0. The Morgan fingerprint density at radius 1 is 1.32 bits per heavy atom. The van der Waals surface area contributed by atoms with Gasteiger partial charge < -0.3 is 14.8 Å². The van der Waals surface area contributed by atoms with E-state index in [1.165, 1.54) is 0 Å². The van der Waals surface area contributed by atoms with Gasteiger partial charge in [0.25, 0.3) is 0 Å². The number of halogens is 1. The maximum Gasteiger partial charge on any atom is 0.143 e. The number of aromatic nitrogens is 2. The van der Waals surface area contributed by atoms with E-state index in [0.717, 1.165) is 33.9 Å². The second-order valence-corrected chi connectivity index (χ2v) is 5.44. The van der Waals surface area contributed by atoms with Gasteiger partial charge in [0.05, 0.1) is 22.0 Å². The second-order valence-electron chi connectivity index (χ2n) is 4.36. The van der Waals surface area contributed by atoms with Crippen LogP contribution in [0.3, 0.4) is 0 Å². The van der Waals surface area contributed by atoms with Crippen molar-refractivity contribution in [2.24, 2.45) is 0 Å². The molecule has 1 rings (SSSR count). The highest BCUT2D eigenvalue weighted by Gasteiger charge is 2.13. The molecule has 6 heteroatoms. The summed E-state index contributed by atoms with van der Waals surface area (Å²) in [5.41, 5.74) is 0.926. The first kappa shape index (κ1) is 16.6. The molecule has 0 saturated carbocycles. The van der Waals surface area contributed by atoms with Crippen LogP contribution in [0.1, 0.15) is 31.8 Å². The Bertz CT molecular complexity index is 402. The van der Waals surface area contributed by atoms with Gasteiger partial charge in [0.2, 0.25) is 0 Å². The van der Waals surface area contributed by atoms with Crippen molar-refractivity contribution in [1.29, 1.82) is 0 Å². The van der Waals surface area contributed by atoms with Crippen LogP contribution in [0.2, 0.25) is 0 Å². The molecule has 108 valence electrons. The SMILES string of the molecule is CCCNc1nc(CC(C)OC)nc(COC)c1I. The Balaban J connectivity index is 3.00. The van der Waals surface area contributed by atoms with Crippen molar-refractivity contribution in [3.05, 3.63) is 15.1 Å². The van der Waals surface area contributed by atoms with Gasteiger partial charge in [-0.1, -0.05) is 6.92 Å². The normalized spacial score (nSPS) is 12.5. The number of nitrogens with zero attached hydrogens (tertiary/aromatic N) is 2. The van der Waals surface area contributed by atoms with Gasteiger partial charge in [0.1, 0.15) is 11.6 Å². The molecule has 0 spiro atoms. The van der Waals surface area contributed by atoms with Crippen LogP contribution in [0, 0.1) is 3.57 Å². The number of anilines is 1. The van der Waals surface area contributed by atoms with Gasteiger partial charge in [-0.15, -0.1) is 0 Å². The predicted octanol–water partition coefficient (Wildman–Crippen LogP) is 2.63. The summed E-state index contributed by atoms with van der Waals surface area (Å²) in [6.07, 6.45) is 1.86. The number of nitrogens with one attached hydrogen (secondary N) is 1. The average Bonchev–Trinajstić information content (AvgIpc) is 2.40. The molecule has 0 bridgehead atoms. The molecule has 1 aromatic heterocycles. The quantitative estimate of drug-likeness (QED) is 0.704. The van der Waals surface area contributed by atoms with Crippen LogP contribution < -0.4 is 5.32 Å². The van der Waals surface area contributed by atoms with Crippen LogP contribution in [-0.2, 0) is 22.5 Å². The molecule has 0 amide bonds. The van der Waals surface area contributed by atoms with Crippen molar-refractivity contribution in [1.82, 2.24) is 9.97 Å². The monoisotopic (exact) mass is 379 g/mol. The zero-order valence-corrected chi connectivity index (χ0v) is 14.2. The molecule has 0 fully saturated rings. The van der Waals surface area contributed by atoms with E-state index in [4.69, 9.17) is 9.47 Å². The molecule has 0 aliphatic heterocycles. The van der Waals surface area contributed by atoms with Crippen LogP contribution in [0.4, 0.5) is 5.82 Å². The van der Waals surface area contributed by atoms with Gasteiger partial charge in [-0.25, -0.2) is 9.97 Å². The van der Waals surface area contributed by atoms with E-state index in [1.54, 1.807) is 14.2 Å². The molecule has 0 aliphatic rings. The minimum absolute atomic E-state index is 0.106. The molecule has 0 saturated heterocycles. The summed E-state index contributed by atoms with van der Waals surface area (Å²) in [7, 11) is 3.37. The number of hydrogen-bond donors (Lipinski definition) is 1. The standard InChI is InChI=1S/C13H22IN3O2/c1-5-6-15-13-12(14)10(8-18-3)16-11(17-13)7-9(2)19-4/h9H,5-8H2,1-4H3,(H,15,16,17). The van der Waals surface area contributed by atoms with Gasteiger partial charge in [-0.05, 0) is 35.9 Å². The van der Waals surface area contributed by atoms with Crippen LogP contribution in [0.25, 0.3) is 0 Å². The van der Waals surface area contributed by atoms with Crippen molar-refractivity contribution >= 4 is 28.4 Å². The van der Waals surface area contributed by atoms with Crippen molar-refractivity contribution in [3.8, 4) is 0 Å². The Morgan fingerprint density at radius 3 is 2.63 bits per heavy atom. The van der Waals surface area contributed by atoms with Gasteiger partial charge >= 0.3 is 0 Å². The van der Waals surface area contributed by atoms with E-state index in [2.05, 4.69) is 44.8 Å². The first-order valence-electron chi connectivity index (χ1n) is 6.43. The predicted molar refractivity (Wildman–Crippen MR) is 84.4 cm³/mol. The first-order chi connectivity index (χ1) is 9.12. The van der Waals surface area contributed by atoms with E-state index in [9.17, 15) is 0 Å².